The summed E-state index contributed by atoms with van der Waals surface area (Å²) in [5.41, 5.74) is 0. The van der Waals surface area contributed by atoms with Gasteiger partial charge in [-0.15, -0.1) is 6.58 Å². The lowest BCUT2D eigenvalue weighted by Crippen LogP contribution is -2.66. The Morgan fingerprint density at radius 1 is 0.963 bits per heavy atom. The van der Waals surface area contributed by atoms with E-state index in [4.69, 9.17) is 35.3 Å². The Morgan fingerprint density at radius 3 is 1.93 bits per heavy atom. The predicted molar refractivity (Wildman–Crippen MR) is 91.6 cm³/mol. The summed E-state index contributed by atoms with van der Waals surface area (Å²) in [5.74, 6) is -2.74. The molecule has 0 N–H and O–H groups in total. The van der Waals surface area contributed by atoms with Gasteiger partial charge in [-0.3, -0.25) is 19.2 Å². The number of rotatable bonds is 7. The molecule has 1 rings (SSSR count). The maximum absolute atomic E-state index is 11.6. The SMILES string of the molecule is C=CC[C@@]1(Cl)O[C@H](COC(C)=O)[C@@H](OC(C)=O)[C@H](OC(C)=O)[C@@H]1OC(C)=O. The average molecular weight is 407 g/mol. The summed E-state index contributed by atoms with van der Waals surface area (Å²) in [7, 11) is 0. The van der Waals surface area contributed by atoms with E-state index >= 15 is 0 Å². The first-order chi connectivity index (χ1) is 12.5. The molecule has 0 spiro atoms. The second-order valence-corrected chi connectivity index (χ2v) is 6.56. The van der Waals surface area contributed by atoms with Gasteiger partial charge in [-0.25, -0.2) is 0 Å². The second-order valence-electron chi connectivity index (χ2n) is 5.92. The molecule has 10 heteroatoms. The molecule has 1 fully saturated rings. The van der Waals surface area contributed by atoms with Crippen molar-refractivity contribution in [2.45, 2.75) is 63.6 Å². The molecule has 1 aliphatic rings. The van der Waals surface area contributed by atoms with Crippen LogP contribution in [-0.4, -0.2) is 60.0 Å². The first-order valence-electron chi connectivity index (χ1n) is 8.12. The minimum absolute atomic E-state index is 0.00632. The molecule has 0 saturated carbocycles. The fourth-order valence-corrected chi connectivity index (χ4v) is 3.09. The number of hydrogen-bond donors (Lipinski definition) is 0. The van der Waals surface area contributed by atoms with Crippen molar-refractivity contribution >= 4 is 35.5 Å². The first-order valence-corrected chi connectivity index (χ1v) is 8.50. The van der Waals surface area contributed by atoms with Crippen LogP contribution in [0.1, 0.15) is 34.1 Å². The van der Waals surface area contributed by atoms with Crippen molar-refractivity contribution in [3.05, 3.63) is 12.7 Å². The minimum atomic E-state index is -1.69. The quantitative estimate of drug-likeness (QED) is 0.266. The van der Waals surface area contributed by atoms with Crippen LogP contribution in [0.4, 0.5) is 0 Å². The van der Waals surface area contributed by atoms with E-state index in [0.717, 1.165) is 20.8 Å². The van der Waals surface area contributed by atoms with Crippen LogP contribution in [0, 0.1) is 0 Å². The molecule has 0 amide bonds. The van der Waals surface area contributed by atoms with E-state index in [1.165, 1.54) is 13.0 Å². The Bertz CT molecular complexity index is 605. The Morgan fingerprint density at radius 2 is 1.48 bits per heavy atom. The predicted octanol–water partition coefficient (Wildman–Crippen LogP) is 1.25. The van der Waals surface area contributed by atoms with Gasteiger partial charge in [0.1, 0.15) is 12.7 Å². The van der Waals surface area contributed by atoms with Crippen LogP contribution in [-0.2, 0) is 42.9 Å². The molecule has 0 unspecified atom stereocenters. The van der Waals surface area contributed by atoms with Gasteiger partial charge in [0, 0.05) is 34.1 Å². The van der Waals surface area contributed by atoms with Gasteiger partial charge in [0.15, 0.2) is 23.4 Å². The van der Waals surface area contributed by atoms with E-state index in [1.54, 1.807) is 0 Å². The molecule has 9 nitrogen and oxygen atoms in total. The summed E-state index contributed by atoms with van der Waals surface area (Å²) in [6.07, 6.45) is -3.49. The highest BCUT2D eigenvalue weighted by atomic mass is 35.5. The monoisotopic (exact) mass is 406 g/mol. The Balaban J connectivity index is 3.38. The average Bonchev–Trinajstić information content (AvgIpc) is 2.51. The van der Waals surface area contributed by atoms with E-state index in [-0.39, 0.29) is 13.0 Å². The molecule has 0 aromatic carbocycles. The number of hydrogen-bond acceptors (Lipinski definition) is 9. The Hall–Kier alpha value is -2.13. The van der Waals surface area contributed by atoms with Crippen molar-refractivity contribution in [1.29, 1.82) is 0 Å². The van der Waals surface area contributed by atoms with Gasteiger partial charge in [-0.05, 0) is 0 Å². The van der Waals surface area contributed by atoms with Gasteiger partial charge in [0.2, 0.25) is 0 Å². The summed E-state index contributed by atoms with van der Waals surface area (Å²) in [4.78, 5) is 45.9. The molecule has 0 aliphatic carbocycles. The highest BCUT2D eigenvalue weighted by Gasteiger charge is 2.58. The third-order valence-electron chi connectivity index (χ3n) is 3.53. The van der Waals surface area contributed by atoms with E-state index < -0.39 is 53.4 Å². The van der Waals surface area contributed by atoms with E-state index in [2.05, 4.69) is 6.58 Å². The zero-order chi connectivity index (χ0) is 20.8. The molecule has 1 saturated heterocycles. The van der Waals surface area contributed by atoms with E-state index in [0.29, 0.717) is 0 Å². The number of esters is 4. The number of carbonyl (C=O) groups is 4. The van der Waals surface area contributed by atoms with Gasteiger partial charge in [0.05, 0.1) is 0 Å². The third kappa shape index (κ3) is 6.51. The lowest BCUT2D eigenvalue weighted by molar-refractivity contribution is -0.263. The fourth-order valence-electron chi connectivity index (χ4n) is 2.69. The lowest BCUT2D eigenvalue weighted by atomic mass is 9.92. The van der Waals surface area contributed by atoms with Crippen molar-refractivity contribution in [3.63, 3.8) is 0 Å². The van der Waals surface area contributed by atoms with Crippen LogP contribution in [0.25, 0.3) is 0 Å². The van der Waals surface area contributed by atoms with Gasteiger partial charge < -0.3 is 23.7 Å². The van der Waals surface area contributed by atoms with Crippen LogP contribution in [0.2, 0.25) is 0 Å². The molecular formula is C17H23ClO9. The summed E-state index contributed by atoms with van der Waals surface area (Å²) in [6.45, 7) is 7.85. The summed E-state index contributed by atoms with van der Waals surface area (Å²) in [5, 5.41) is -1.69. The largest absolute Gasteiger partial charge is 0.463 e. The lowest BCUT2D eigenvalue weighted by Gasteiger charge is -2.48. The number of halogens is 1. The molecule has 0 bridgehead atoms. The van der Waals surface area contributed by atoms with Crippen LogP contribution >= 0.6 is 11.6 Å². The summed E-state index contributed by atoms with van der Waals surface area (Å²) in [6, 6.07) is 0. The third-order valence-corrected chi connectivity index (χ3v) is 3.99. The molecule has 1 heterocycles. The zero-order valence-electron chi connectivity index (χ0n) is 15.6. The van der Waals surface area contributed by atoms with Crippen molar-refractivity contribution in [2.75, 3.05) is 6.61 Å². The molecular weight excluding hydrogens is 384 g/mol. The van der Waals surface area contributed by atoms with E-state index in [9.17, 15) is 19.2 Å². The number of ether oxygens (including phenoxy) is 5. The van der Waals surface area contributed by atoms with Gasteiger partial charge in [-0.2, -0.15) is 0 Å². The first kappa shape index (κ1) is 22.9. The van der Waals surface area contributed by atoms with Crippen molar-refractivity contribution in [1.82, 2.24) is 0 Å². The fraction of sp³-hybridized carbons (Fsp3) is 0.647. The smallest absolute Gasteiger partial charge is 0.303 e. The maximum atomic E-state index is 11.6. The second kappa shape index (κ2) is 9.70. The van der Waals surface area contributed by atoms with Crippen molar-refractivity contribution in [3.8, 4) is 0 Å². The molecule has 1 aliphatic heterocycles. The molecule has 27 heavy (non-hydrogen) atoms. The van der Waals surface area contributed by atoms with Crippen LogP contribution < -0.4 is 0 Å². The molecule has 0 aromatic rings. The minimum Gasteiger partial charge on any atom is -0.463 e. The summed E-state index contributed by atoms with van der Waals surface area (Å²) >= 11 is 6.53. The van der Waals surface area contributed by atoms with Gasteiger partial charge in [-0.1, -0.05) is 17.7 Å². The van der Waals surface area contributed by atoms with Crippen LogP contribution in [0.5, 0.6) is 0 Å². The maximum Gasteiger partial charge on any atom is 0.303 e. The van der Waals surface area contributed by atoms with Crippen LogP contribution in [0.3, 0.4) is 0 Å². The number of alkyl halides is 1. The standard InChI is InChI=1S/C17H23ClO9/c1-6-7-17(18)16(26-12(5)22)15(25-11(4)21)14(24-10(3)20)13(27-17)8-23-9(2)19/h6,13-16H,1,7-8H2,2-5H3/t13-,14-,15+,16+,17-/m1/s1. The Kier molecular flexibility index (Phi) is 8.23. The Labute approximate surface area is 161 Å². The van der Waals surface area contributed by atoms with Gasteiger partial charge in [0.25, 0.3) is 0 Å². The van der Waals surface area contributed by atoms with Gasteiger partial charge >= 0.3 is 23.9 Å². The molecule has 0 aromatic heterocycles. The highest BCUT2D eigenvalue weighted by Crippen LogP contribution is 2.41. The highest BCUT2D eigenvalue weighted by molar-refractivity contribution is 6.23. The topological polar surface area (TPSA) is 114 Å². The molecule has 0 radical (unpaired) electrons. The van der Waals surface area contributed by atoms with Crippen molar-refractivity contribution < 1.29 is 42.9 Å². The summed E-state index contributed by atoms with van der Waals surface area (Å²) < 4.78 is 26.4. The van der Waals surface area contributed by atoms with Crippen LogP contribution in [0.15, 0.2) is 12.7 Å². The van der Waals surface area contributed by atoms with E-state index in [1.807, 2.05) is 0 Å². The zero-order valence-corrected chi connectivity index (χ0v) is 16.3. The molecule has 5 atom stereocenters. The number of carbonyl (C=O) groups excluding carboxylic acids is 4. The normalized spacial score (nSPS) is 30.0. The van der Waals surface area contributed by atoms with Crippen molar-refractivity contribution in [2.24, 2.45) is 0 Å². The molecule has 152 valence electrons.